The van der Waals surface area contributed by atoms with E-state index in [1.54, 1.807) is 21.9 Å². The zero-order valence-corrected chi connectivity index (χ0v) is 19.8. The molecule has 176 valence electrons. The van der Waals surface area contributed by atoms with Crippen LogP contribution in [0.5, 0.6) is 0 Å². The van der Waals surface area contributed by atoms with E-state index >= 15 is 0 Å². The van der Waals surface area contributed by atoms with Crippen LogP contribution in [-0.2, 0) is 19.1 Å². The maximum Gasteiger partial charge on any atom is 0.328 e. The molecule has 2 saturated heterocycles. The number of carbonyl (C=O) groups is 4. The second-order valence-electron chi connectivity index (χ2n) is 7.96. The summed E-state index contributed by atoms with van der Waals surface area (Å²) in [5, 5.41) is 3.67. The van der Waals surface area contributed by atoms with Crippen molar-refractivity contribution in [2.24, 2.45) is 0 Å². The van der Waals surface area contributed by atoms with Crippen molar-refractivity contribution in [3.63, 3.8) is 0 Å². The molecule has 8 nitrogen and oxygen atoms in total. The highest BCUT2D eigenvalue weighted by molar-refractivity contribution is 7.12. The molecule has 0 bridgehead atoms. The maximum absolute atomic E-state index is 12.6. The molecule has 4 rings (SSSR count). The van der Waals surface area contributed by atoms with E-state index in [1.807, 2.05) is 22.9 Å². The molecule has 2 aromatic rings. The Morgan fingerprint density at radius 2 is 1.24 bits per heavy atom. The number of amides is 2. The first-order chi connectivity index (χ1) is 16.1. The van der Waals surface area contributed by atoms with Gasteiger partial charge in [0.05, 0.1) is 23.0 Å². The van der Waals surface area contributed by atoms with Gasteiger partial charge in [-0.15, -0.1) is 22.7 Å². The minimum absolute atomic E-state index is 0.103. The summed E-state index contributed by atoms with van der Waals surface area (Å²) in [6.45, 7) is 1.28. The first-order valence-electron chi connectivity index (χ1n) is 11.1. The van der Waals surface area contributed by atoms with Crippen molar-refractivity contribution < 1.29 is 28.7 Å². The fourth-order valence-corrected chi connectivity index (χ4v) is 5.55. The number of carbonyl (C=O) groups excluding carboxylic acids is 4. The highest BCUT2D eigenvalue weighted by atomic mass is 32.1. The molecule has 2 aliphatic heterocycles. The molecule has 0 aliphatic carbocycles. The van der Waals surface area contributed by atoms with Crippen molar-refractivity contribution in [3.8, 4) is 0 Å². The van der Waals surface area contributed by atoms with Gasteiger partial charge in [0.1, 0.15) is 12.1 Å². The summed E-state index contributed by atoms with van der Waals surface area (Å²) in [6, 6.07) is 5.98. The van der Waals surface area contributed by atoms with Crippen molar-refractivity contribution in [1.82, 2.24) is 9.80 Å². The maximum atomic E-state index is 12.6. The number of hydrogen-bond donors (Lipinski definition) is 0. The van der Waals surface area contributed by atoms with Crippen LogP contribution in [0, 0.1) is 0 Å². The fourth-order valence-electron chi connectivity index (χ4n) is 4.19. The predicted molar refractivity (Wildman–Crippen MR) is 123 cm³/mol. The van der Waals surface area contributed by atoms with E-state index in [2.05, 4.69) is 0 Å². The molecule has 0 N–H and O–H groups in total. The van der Waals surface area contributed by atoms with E-state index in [-0.39, 0.29) is 25.0 Å². The number of nitrogens with zero attached hydrogens (tertiary/aromatic N) is 2. The standard InChI is InChI=1S/C23H26N2O6S2/c26-20(18-8-3-14-32-18)24-10-1-6-16(24)22(28)30-12-5-13-31-23(29)17-7-2-11-25(17)21(27)19-9-4-15-33-19/h3-4,8-9,14-17H,1-2,5-7,10-13H2/t16-,17-/m0/s1. The Morgan fingerprint density at radius 3 is 1.64 bits per heavy atom. The number of hydrogen-bond acceptors (Lipinski definition) is 8. The second-order valence-corrected chi connectivity index (χ2v) is 9.85. The molecule has 2 amide bonds. The fraction of sp³-hybridized carbons (Fsp3) is 0.478. The smallest absolute Gasteiger partial charge is 0.328 e. The van der Waals surface area contributed by atoms with Crippen LogP contribution in [0.15, 0.2) is 35.0 Å². The van der Waals surface area contributed by atoms with Gasteiger partial charge in [0.15, 0.2) is 0 Å². The number of esters is 2. The molecule has 4 heterocycles. The Bertz CT molecular complexity index is 897. The number of rotatable bonds is 8. The van der Waals surface area contributed by atoms with Crippen LogP contribution in [0.2, 0.25) is 0 Å². The third-order valence-electron chi connectivity index (χ3n) is 5.81. The van der Waals surface area contributed by atoms with Crippen LogP contribution in [0.25, 0.3) is 0 Å². The van der Waals surface area contributed by atoms with Crippen LogP contribution >= 0.6 is 22.7 Å². The van der Waals surface area contributed by atoms with Gasteiger partial charge in [0.2, 0.25) is 0 Å². The van der Waals surface area contributed by atoms with Crippen molar-refractivity contribution >= 4 is 46.4 Å². The molecule has 2 aliphatic rings. The van der Waals surface area contributed by atoms with Crippen LogP contribution in [0.3, 0.4) is 0 Å². The third-order valence-corrected chi connectivity index (χ3v) is 7.53. The molecule has 0 saturated carbocycles. The summed E-state index contributed by atoms with van der Waals surface area (Å²) in [5.41, 5.74) is 0. The Hall–Kier alpha value is -2.72. The monoisotopic (exact) mass is 490 g/mol. The Morgan fingerprint density at radius 1 is 0.788 bits per heavy atom. The molecule has 2 fully saturated rings. The topological polar surface area (TPSA) is 93.2 Å². The first kappa shape index (κ1) is 23.4. The third kappa shape index (κ3) is 5.44. The summed E-state index contributed by atoms with van der Waals surface area (Å²) >= 11 is 2.71. The summed E-state index contributed by atoms with van der Waals surface area (Å²) in [4.78, 5) is 54.6. The highest BCUT2D eigenvalue weighted by Crippen LogP contribution is 2.24. The van der Waals surface area contributed by atoms with E-state index < -0.39 is 24.0 Å². The van der Waals surface area contributed by atoms with Gasteiger partial charge < -0.3 is 19.3 Å². The molecule has 0 aromatic carbocycles. The van der Waals surface area contributed by atoms with Gasteiger partial charge in [-0.25, -0.2) is 9.59 Å². The molecule has 10 heteroatoms. The summed E-state index contributed by atoms with van der Waals surface area (Å²) in [5.74, 6) is -1.13. The molecule has 2 atom stereocenters. The highest BCUT2D eigenvalue weighted by Gasteiger charge is 2.37. The largest absolute Gasteiger partial charge is 0.464 e. The lowest BCUT2D eigenvalue weighted by atomic mass is 10.2. The average molecular weight is 491 g/mol. The van der Waals surface area contributed by atoms with Gasteiger partial charge in [-0.1, -0.05) is 12.1 Å². The van der Waals surface area contributed by atoms with Crippen molar-refractivity contribution in [2.45, 2.75) is 44.2 Å². The van der Waals surface area contributed by atoms with E-state index in [1.165, 1.54) is 22.7 Å². The van der Waals surface area contributed by atoms with Gasteiger partial charge in [-0.2, -0.15) is 0 Å². The van der Waals surface area contributed by atoms with Gasteiger partial charge in [-0.05, 0) is 48.6 Å². The van der Waals surface area contributed by atoms with E-state index in [9.17, 15) is 19.2 Å². The van der Waals surface area contributed by atoms with Gasteiger partial charge >= 0.3 is 11.9 Å². The van der Waals surface area contributed by atoms with E-state index in [4.69, 9.17) is 9.47 Å². The zero-order valence-electron chi connectivity index (χ0n) is 18.1. The SMILES string of the molecule is O=C(OCCCOC(=O)[C@@H]1CCCN1C(=O)c1cccs1)[C@@H]1CCCN1C(=O)c1cccs1. The molecule has 0 spiro atoms. The Kier molecular flexibility index (Phi) is 7.77. The van der Waals surface area contributed by atoms with Crippen molar-refractivity contribution in [2.75, 3.05) is 26.3 Å². The molecule has 0 radical (unpaired) electrons. The number of ether oxygens (including phenoxy) is 2. The van der Waals surface area contributed by atoms with Crippen LogP contribution in [0.1, 0.15) is 51.4 Å². The second kappa shape index (κ2) is 10.9. The summed E-state index contributed by atoms with van der Waals surface area (Å²) < 4.78 is 10.7. The van der Waals surface area contributed by atoms with Crippen LogP contribution in [-0.4, -0.2) is 71.9 Å². The molecule has 0 unspecified atom stereocenters. The van der Waals surface area contributed by atoms with Crippen LogP contribution in [0.4, 0.5) is 0 Å². The quantitative estimate of drug-likeness (QED) is 0.417. The lowest BCUT2D eigenvalue weighted by Crippen LogP contribution is -2.41. The minimum atomic E-state index is -0.572. The Labute approximate surface area is 200 Å². The zero-order chi connectivity index (χ0) is 23.2. The van der Waals surface area contributed by atoms with E-state index in [0.717, 1.165) is 12.8 Å². The molecular formula is C23H26N2O6S2. The average Bonchev–Trinajstić information content (AvgIpc) is 3.64. The van der Waals surface area contributed by atoms with Gasteiger partial charge in [0, 0.05) is 19.5 Å². The van der Waals surface area contributed by atoms with E-state index in [0.29, 0.717) is 42.1 Å². The Balaban J connectivity index is 1.18. The number of likely N-dealkylation sites (tertiary alicyclic amines) is 2. The van der Waals surface area contributed by atoms with Gasteiger partial charge in [-0.3, -0.25) is 9.59 Å². The predicted octanol–water partition coefficient (Wildman–Crippen LogP) is 3.20. The minimum Gasteiger partial charge on any atom is -0.464 e. The lowest BCUT2D eigenvalue weighted by molar-refractivity contribution is -0.150. The lowest BCUT2D eigenvalue weighted by Gasteiger charge is -2.23. The van der Waals surface area contributed by atoms with Crippen LogP contribution < -0.4 is 0 Å². The normalized spacial score (nSPS) is 20.1. The molecular weight excluding hydrogens is 464 g/mol. The summed E-state index contributed by atoms with van der Waals surface area (Å²) in [7, 11) is 0. The first-order valence-corrected chi connectivity index (χ1v) is 12.8. The molecule has 33 heavy (non-hydrogen) atoms. The van der Waals surface area contributed by atoms with Gasteiger partial charge in [0.25, 0.3) is 11.8 Å². The summed E-state index contributed by atoms with van der Waals surface area (Å²) in [6.07, 6.45) is 3.04. The number of thiophene rings is 2. The molecule has 2 aromatic heterocycles. The van der Waals surface area contributed by atoms with Crippen molar-refractivity contribution in [3.05, 3.63) is 44.8 Å². The van der Waals surface area contributed by atoms with Crippen molar-refractivity contribution in [1.29, 1.82) is 0 Å².